The summed E-state index contributed by atoms with van der Waals surface area (Å²) in [6.45, 7) is 8.02. The van der Waals surface area contributed by atoms with Gasteiger partial charge in [-0.2, -0.15) is 12.8 Å². The zero-order valence-electron chi connectivity index (χ0n) is 11.7. The van der Waals surface area contributed by atoms with Crippen LogP contribution in [0.25, 0.3) is 0 Å². The molecule has 0 atom stereocenters. The van der Waals surface area contributed by atoms with E-state index in [0.717, 1.165) is 22.6 Å². The van der Waals surface area contributed by atoms with Crippen molar-refractivity contribution in [1.82, 2.24) is 0 Å². The van der Waals surface area contributed by atoms with E-state index in [2.05, 4.69) is 13.8 Å². The van der Waals surface area contributed by atoms with Crippen molar-refractivity contribution in [3.63, 3.8) is 0 Å². The van der Waals surface area contributed by atoms with Gasteiger partial charge in [0.2, 0.25) is 0 Å². The van der Waals surface area contributed by atoms with Crippen LogP contribution >= 0.6 is 24.4 Å². The Labute approximate surface area is 211 Å². The van der Waals surface area contributed by atoms with E-state index < -0.39 is 0 Å². The van der Waals surface area contributed by atoms with Crippen LogP contribution in [0.15, 0.2) is 0 Å². The number of hydrogen-bond acceptors (Lipinski definition) is 2. The van der Waals surface area contributed by atoms with Crippen molar-refractivity contribution in [2.45, 2.75) is 40.5 Å². The van der Waals surface area contributed by atoms with Crippen molar-refractivity contribution in [3.8, 4) is 0 Å². The minimum Gasteiger partial charge on any atom is -1.00 e. The summed E-state index contributed by atoms with van der Waals surface area (Å²) in [6, 6.07) is 0. The smallest absolute Gasteiger partial charge is 1.00 e. The average Bonchev–Trinajstić information content (AvgIpc) is 1.87. The van der Waals surface area contributed by atoms with Gasteiger partial charge in [-0.05, 0) is 0 Å². The summed E-state index contributed by atoms with van der Waals surface area (Å²) in [5.74, 6) is 0. The SMILES string of the molecule is CC[CH-]C(C)=S.CC[CH-]C(C)=S.[Cl-].[Cl-].[Cl-].[Cl-].[Cl-].[Cl-].[Zr+4].[Zr+4]. The Hall–Kier alpha value is 3.43. The quantitative estimate of drug-likeness (QED) is 0.234. The number of thiocarbonyl (C=S) groups is 2. The van der Waals surface area contributed by atoms with E-state index in [0.29, 0.717) is 0 Å². The molecule has 0 fully saturated rings. The van der Waals surface area contributed by atoms with Gasteiger partial charge in [0.25, 0.3) is 0 Å². The van der Waals surface area contributed by atoms with Gasteiger partial charge in [-0.15, -0.1) is 34.2 Å². The maximum atomic E-state index is 4.74. The Bertz CT molecular complexity index is 138. The number of rotatable bonds is 4. The van der Waals surface area contributed by atoms with Crippen LogP contribution in [0.5, 0.6) is 0 Å². The van der Waals surface area contributed by atoms with E-state index in [1.54, 1.807) is 0 Å². The van der Waals surface area contributed by atoms with E-state index >= 15 is 0 Å². The zero-order chi connectivity index (χ0) is 9.98. The summed E-state index contributed by atoms with van der Waals surface area (Å²) >= 11 is 9.48. The second kappa shape index (κ2) is 57.1. The van der Waals surface area contributed by atoms with Crippen LogP contribution in [-0.4, -0.2) is 9.73 Å². The van der Waals surface area contributed by atoms with Gasteiger partial charge in [0, 0.05) is 0 Å². The van der Waals surface area contributed by atoms with Crippen LogP contribution in [0.1, 0.15) is 40.5 Å². The van der Waals surface area contributed by atoms with Gasteiger partial charge in [0.15, 0.2) is 0 Å². The first kappa shape index (κ1) is 65.4. The number of hydrogen-bond donors (Lipinski definition) is 0. The topological polar surface area (TPSA) is 0 Å². The van der Waals surface area contributed by atoms with Crippen LogP contribution < -0.4 is 74.4 Å². The van der Waals surface area contributed by atoms with E-state index in [1.807, 2.05) is 26.7 Å². The average molecular weight is 598 g/mol. The molecule has 0 aliphatic heterocycles. The van der Waals surface area contributed by atoms with Gasteiger partial charge in [-0.1, -0.05) is 27.7 Å². The van der Waals surface area contributed by atoms with Crippen molar-refractivity contribution in [2.24, 2.45) is 0 Å². The van der Waals surface area contributed by atoms with E-state index in [1.165, 1.54) is 0 Å². The Morgan fingerprint density at radius 3 is 0.800 bits per heavy atom. The molecular formula is C10H18Cl6S2Zr2. The van der Waals surface area contributed by atoms with E-state index in [4.69, 9.17) is 24.4 Å². The fourth-order valence-electron chi connectivity index (χ4n) is 0.575. The second-order valence-corrected chi connectivity index (χ2v) is 3.73. The molecule has 0 aliphatic carbocycles. The summed E-state index contributed by atoms with van der Waals surface area (Å²) < 4.78 is 0. The molecule has 0 unspecified atom stereocenters. The third kappa shape index (κ3) is 101. The summed E-state index contributed by atoms with van der Waals surface area (Å²) in [4.78, 5) is 2.00. The third-order valence-electron chi connectivity index (χ3n) is 0.983. The van der Waals surface area contributed by atoms with Gasteiger partial charge in [0.1, 0.15) is 0 Å². The molecule has 20 heavy (non-hydrogen) atoms. The first-order chi connectivity index (χ1) is 5.54. The summed E-state index contributed by atoms with van der Waals surface area (Å²) in [6.07, 6.45) is 6.18. The van der Waals surface area contributed by atoms with Crippen LogP contribution in [0.3, 0.4) is 0 Å². The van der Waals surface area contributed by atoms with E-state index in [9.17, 15) is 0 Å². The molecule has 0 rings (SSSR count). The molecule has 0 radical (unpaired) electrons. The molecule has 0 nitrogen and oxygen atoms in total. The molecule has 0 aromatic rings. The van der Waals surface area contributed by atoms with E-state index in [-0.39, 0.29) is 127 Å². The van der Waals surface area contributed by atoms with Crippen molar-refractivity contribution in [2.75, 3.05) is 0 Å². The van der Waals surface area contributed by atoms with Crippen LogP contribution in [0.2, 0.25) is 0 Å². The van der Waals surface area contributed by atoms with Crippen molar-refractivity contribution >= 4 is 34.2 Å². The summed E-state index contributed by atoms with van der Waals surface area (Å²) in [5.41, 5.74) is 0. The standard InChI is InChI=1S/2C5H9S.6ClH.2Zr/c2*1-3-4-5(2)6;;;;;;;;/h2*4H,3H2,1-2H3;6*1H;;/q2*-1;;;;;;;2*+4/p-6. The molecule has 0 aromatic carbocycles. The minimum absolute atomic E-state index is 0. The van der Waals surface area contributed by atoms with Gasteiger partial charge >= 0.3 is 52.4 Å². The molecule has 10 heteroatoms. The predicted molar refractivity (Wildman–Crippen MR) is 65.7 cm³/mol. The van der Waals surface area contributed by atoms with Crippen molar-refractivity contribution < 1.29 is 127 Å². The van der Waals surface area contributed by atoms with Gasteiger partial charge in [0.05, 0.1) is 0 Å². The third-order valence-corrected chi connectivity index (χ3v) is 1.32. The Balaban J connectivity index is -0.00000000893. The molecule has 0 aliphatic rings. The fraction of sp³-hybridized carbons (Fsp3) is 0.600. The minimum atomic E-state index is 0. The molecule has 0 bridgehead atoms. The molecular weight excluding hydrogens is 579 g/mol. The second-order valence-electron chi connectivity index (χ2n) is 2.45. The molecule has 0 amide bonds. The molecule has 0 saturated heterocycles. The molecule has 0 spiro atoms. The predicted octanol–water partition coefficient (Wildman–Crippen LogP) is -14.0. The Kier molecular flexibility index (Phi) is 187. The maximum absolute atomic E-state index is 4.74. The van der Waals surface area contributed by atoms with Crippen LogP contribution in [0, 0.1) is 12.8 Å². The normalized spacial score (nSPS) is 4.60. The molecule has 0 saturated carbocycles. The first-order valence-electron chi connectivity index (χ1n) is 4.22. The first-order valence-corrected chi connectivity index (χ1v) is 5.03. The fourth-order valence-corrected chi connectivity index (χ4v) is 0.908. The van der Waals surface area contributed by atoms with Crippen molar-refractivity contribution in [3.05, 3.63) is 12.8 Å². The molecule has 0 N–H and O–H groups in total. The van der Waals surface area contributed by atoms with Crippen LogP contribution in [0.4, 0.5) is 0 Å². The Morgan fingerprint density at radius 2 is 0.800 bits per heavy atom. The van der Waals surface area contributed by atoms with Crippen LogP contribution in [-0.2, 0) is 52.4 Å². The monoisotopic (exact) mass is 592 g/mol. The zero-order valence-corrected chi connectivity index (χ0v) is 22.7. The van der Waals surface area contributed by atoms with Gasteiger partial charge in [-0.3, -0.25) is 0 Å². The molecule has 0 aromatic heterocycles. The molecule has 0 heterocycles. The maximum Gasteiger partial charge on any atom is 4.00 e. The van der Waals surface area contributed by atoms with Gasteiger partial charge in [-0.25, -0.2) is 0 Å². The summed E-state index contributed by atoms with van der Waals surface area (Å²) in [5, 5.41) is 0. The molecule has 120 valence electrons. The number of halogens is 6. The largest absolute Gasteiger partial charge is 4.00 e. The van der Waals surface area contributed by atoms with Crippen molar-refractivity contribution in [1.29, 1.82) is 0 Å². The summed E-state index contributed by atoms with van der Waals surface area (Å²) in [7, 11) is 0. The van der Waals surface area contributed by atoms with Gasteiger partial charge < -0.3 is 87.3 Å². The Morgan fingerprint density at radius 1 is 0.650 bits per heavy atom.